The normalized spacial score (nSPS) is 13.2. The number of amides is 1. The molecule has 1 unspecified atom stereocenters. The molecule has 1 N–H and O–H groups in total. The van der Waals surface area contributed by atoms with Crippen molar-refractivity contribution in [1.29, 1.82) is 0 Å². The van der Waals surface area contributed by atoms with Crippen LogP contribution in [0.1, 0.15) is 53.0 Å². The van der Waals surface area contributed by atoms with Crippen LogP contribution in [0.2, 0.25) is 0 Å². The van der Waals surface area contributed by atoms with Crippen LogP contribution in [-0.4, -0.2) is 39.0 Å². The summed E-state index contributed by atoms with van der Waals surface area (Å²) in [7, 11) is 0. The summed E-state index contributed by atoms with van der Waals surface area (Å²) < 4.78 is 14.1. The predicted molar refractivity (Wildman–Crippen MR) is 145 cm³/mol. The molecular formula is C25H27BrN4O4S2. The number of fused-ring (bicyclic) bond motifs is 1. The Balaban J connectivity index is 1.44. The van der Waals surface area contributed by atoms with E-state index in [0.717, 1.165) is 34.2 Å². The Morgan fingerprint density at radius 3 is 2.81 bits per heavy atom. The number of nitrogens with zero attached hydrogens (tertiary/aromatic N) is 3. The lowest BCUT2D eigenvalue weighted by molar-refractivity contribution is -0.113. The summed E-state index contributed by atoms with van der Waals surface area (Å²) in [6.07, 6.45) is 4.16. The number of carbonyl (C=O) groups is 2. The minimum atomic E-state index is -0.380. The summed E-state index contributed by atoms with van der Waals surface area (Å²) in [6, 6.07) is 7.57. The number of thioether (sulfide) groups is 1. The van der Waals surface area contributed by atoms with E-state index < -0.39 is 0 Å². The molecule has 190 valence electrons. The molecule has 1 aromatic carbocycles. The minimum Gasteiger partial charge on any atom is -0.483 e. The molecule has 2 heterocycles. The maximum Gasteiger partial charge on any atom is 0.341 e. The van der Waals surface area contributed by atoms with Crippen LogP contribution in [0.3, 0.4) is 0 Å². The SMILES string of the molecule is C=CCn1c(SCC(=O)Nc2sc3c(c2C(=O)OCC)CCC3)nnc1C(C)Oc1ccc(Br)cc1. The van der Waals surface area contributed by atoms with Gasteiger partial charge in [0, 0.05) is 15.9 Å². The second-order valence-corrected chi connectivity index (χ2v) is 11.0. The van der Waals surface area contributed by atoms with Gasteiger partial charge in [-0.15, -0.1) is 28.1 Å². The molecule has 1 atom stereocenters. The Morgan fingerprint density at radius 2 is 2.08 bits per heavy atom. The number of aromatic nitrogens is 3. The summed E-state index contributed by atoms with van der Waals surface area (Å²) in [5, 5.41) is 12.7. The lowest BCUT2D eigenvalue weighted by atomic mass is 10.1. The highest BCUT2D eigenvalue weighted by molar-refractivity contribution is 9.10. The van der Waals surface area contributed by atoms with E-state index in [0.29, 0.717) is 33.8 Å². The number of hydrogen-bond acceptors (Lipinski definition) is 8. The van der Waals surface area contributed by atoms with Gasteiger partial charge in [0.05, 0.1) is 17.9 Å². The molecule has 4 rings (SSSR count). The zero-order valence-corrected chi connectivity index (χ0v) is 23.3. The van der Waals surface area contributed by atoms with Gasteiger partial charge < -0.3 is 14.8 Å². The molecule has 0 saturated heterocycles. The maximum absolute atomic E-state index is 12.8. The zero-order chi connectivity index (χ0) is 25.7. The van der Waals surface area contributed by atoms with Crippen LogP contribution < -0.4 is 10.1 Å². The summed E-state index contributed by atoms with van der Waals surface area (Å²) in [6.45, 7) is 8.28. The van der Waals surface area contributed by atoms with E-state index in [2.05, 4.69) is 38.0 Å². The molecule has 0 radical (unpaired) electrons. The maximum atomic E-state index is 12.8. The number of esters is 1. The number of aryl methyl sites for hydroxylation is 1. The van der Waals surface area contributed by atoms with Crippen molar-refractivity contribution in [2.75, 3.05) is 17.7 Å². The van der Waals surface area contributed by atoms with Crippen molar-refractivity contribution in [2.45, 2.75) is 50.9 Å². The number of ether oxygens (including phenoxy) is 2. The van der Waals surface area contributed by atoms with Gasteiger partial charge in [-0.1, -0.05) is 33.8 Å². The number of rotatable bonds is 11. The van der Waals surface area contributed by atoms with Gasteiger partial charge in [-0.25, -0.2) is 4.79 Å². The van der Waals surface area contributed by atoms with Crippen LogP contribution >= 0.6 is 39.0 Å². The van der Waals surface area contributed by atoms with Gasteiger partial charge in [0.25, 0.3) is 0 Å². The number of allylic oxidation sites excluding steroid dienone is 1. The van der Waals surface area contributed by atoms with E-state index in [1.165, 1.54) is 23.1 Å². The second kappa shape index (κ2) is 12.1. The fraction of sp³-hybridized carbons (Fsp3) is 0.360. The van der Waals surface area contributed by atoms with Crippen molar-refractivity contribution in [3.8, 4) is 5.75 Å². The molecule has 11 heteroatoms. The third-order valence-corrected chi connectivity index (χ3v) is 8.24. The zero-order valence-electron chi connectivity index (χ0n) is 20.1. The predicted octanol–water partition coefficient (Wildman–Crippen LogP) is 5.82. The minimum absolute atomic E-state index is 0.113. The number of nitrogens with one attached hydrogen (secondary N) is 1. The molecular weight excluding hydrogens is 564 g/mol. The highest BCUT2D eigenvalue weighted by Gasteiger charge is 2.28. The number of halogens is 1. The number of benzene rings is 1. The average molecular weight is 592 g/mol. The van der Waals surface area contributed by atoms with Crippen molar-refractivity contribution in [3.05, 3.63) is 63.2 Å². The van der Waals surface area contributed by atoms with Gasteiger partial charge in [0.1, 0.15) is 10.8 Å². The van der Waals surface area contributed by atoms with Crippen molar-refractivity contribution in [2.24, 2.45) is 0 Å². The summed E-state index contributed by atoms with van der Waals surface area (Å²) in [4.78, 5) is 26.6. The van der Waals surface area contributed by atoms with Crippen molar-refractivity contribution < 1.29 is 19.1 Å². The summed E-state index contributed by atoms with van der Waals surface area (Å²) in [5.74, 6) is 0.865. The van der Waals surface area contributed by atoms with Gasteiger partial charge in [0.2, 0.25) is 5.91 Å². The third-order valence-electron chi connectivity index (χ3n) is 5.53. The number of thiophene rings is 1. The largest absolute Gasteiger partial charge is 0.483 e. The Labute approximate surface area is 226 Å². The fourth-order valence-electron chi connectivity index (χ4n) is 3.98. The Kier molecular flexibility index (Phi) is 8.86. The van der Waals surface area contributed by atoms with Crippen LogP contribution in [0, 0.1) is 0 Å². The van der Waals surface area contributed by atoms with E-state index in [9.17, 15) is 9.59 Å². The molecule has 0 aliphatic heterocycles. The molecule has 0 fully saturated rings. The van der Waals surface area contributed by atoms with Crippen LogP contribution in [-0.2, 0) is 28.9 Å². The van der Waals surface area contributed by atoms with E-state index in [4.69, 9.17) is 9.47 Å². The summed E-state index contributed by atoms with van der Waals surface area (Å²) >= 11 is 6.16. The number of anilines is 1. The highest BCUT2D eigenvalue weighted by atomic mass is 79.9. The van der Waals surface area contributed by atoms with Crippen LogP contribution in [0.4, 0.5) is 5.00 Å². The lowest BCUT2D eigenvalue weighted by Crippen LogP contribution is -2.17. The van der Waals surface area contributed by atoms with Crippen molar-refractivity contribution in [1.82, 2.24) is 14.8 Å². The third kappa shape index (κ3) is 6.01. The molecule has 0 saturated carbocycles. The molecule has 36 heavy (non-hydrogen) atoms. The second-order valence-electron chi connectivity index (χ2n) is 8.07. The molecule has 1 aliphatic rings. The molecule has 1 amide bonds. The van der Waals surface area contributed by atoms with Gasteiger partial charge in [-0.3, -0.25) is 9.36 Å². The first-order valence-corrected chi connectivity index (χ1v) is 14.2. The first kappa shape index (κ1) is 26.4. The lowest BCUT2D eigenvalue weighted by Gasteiger charge is -2.15. The first-order chi connectivity index (χ1) is 17.4. The molecule has 2 aromatic heterocycles. The van der Waals surface area contributed by atoms with Gasteiger partial charge in [-0.2, -0.15) is 0 Å². The monoisotopic (exact) mass is 590 g/mol. The van der Waals surface area contributed by atoms with E-state index in [-0.39, 0.29) is 30.3 Å². The topological polar surface area (TPSA) is 95.3 Å². The molecule has 0 bridgehead atoms. The van der Waals surface area contributed by atoms with E-state index in [1.54, 1.807) is 13.0 Å². The Bertz CT molecular complexity index is 1260. The quantitative estimate of drug-likeness (QED) is 0.171. The van der Waals surface area contributed by atoms with E-state index >= 15 is 0 Å². The standard InChI is InChI=1S/C25H27BrN4O4S2/c1-4-13-30-22(15(3)34-17-11-9-16(26)10-12-17)28-29-25(30)35-14-20(31)27-23-21(24(32)33-5-2)18-7-6-8-19(18)36-23/h4,9-12,15H,1,5-8,13-14H2,2-3H3,(H,27,31). The van der Waals surface area contributed by atoms with Gasteiger partial charge in [0.15, 0.2) is 17.1 Å². The Morgan fingerprint density at radius 1 is 1.31 bits per heavy atom. The van der Waals surface area contributed by atoms with E-state index in [1.807, 2.05) is 35.8 Å². The number of hydrogen-bond donors (Lipinski definition) is 1. The molecule has 8 nitrogen and oxygen atoms in total. The molecule has 3 aromatic rings. The fourth-order valence-corrected chi connectivity index (χ4v) is 6.30. The molecule has 0 spiro atoms. The number of carbonyl (C=O) groups excluding carboxylic acids is 2. The van der Waals surface area contributed by atoms with Crippen LogP contribution in [0.15, 0.2) is 46.5 Å². The van der Waals surface area contributed by atoms with Crippen molar-refractivity contribution >= 4 is 55.9 Å². The van der Waals surface area contributed by atoms with Crippen LogP contribution in [0.25, 0.3) is 0 Å². The smallest absolute Gasteiger partial charge is 0.341 e. The van der Waals surface area contributed by atoms with Gasteiger partial charge >= 0.3 is 5.97 Å². The average Bonchev–Trinajstić information content (AvgIpc) is 3.54. The highest BCUT2D eigenvalue weighted by Crippen LogP contribution is 2.39. The van der Waals surface area contributed by atoms with Crippen molar-refractivity contribution in [3.63, 3.8) is 0 Å². The molecule has 1 aliphatic carbocycles. The Hall–Kier alpha value is -2.63. The van der Waals surface area contributed by atoms with Gasteiger partial charge in [-0.05, 0) is 62.9 Å². The van der Waals surface area contributed by atoms with Crippen LogP contribution in [0.5, 0.6) is 5.75 Å². The summed E-state index contributed by atoms with van der Waals surface area (Å²) in [5.41, 5.74) is 1.51. The first-order valence-electron chi connectivity index (χ1n) is 11.6.